The second-order valence-corrected chi connectivity index (χ2v) is 8.04. The molecule has 3 heterocycles. The normalized spacial score (nSPS) is 15.1. The molecule has 9 nitrogen and oxygen atoms in total. The van der Waals surface area contributed by atoms with E-state index in [0.29, 0.717) is 13.1 Å². The van der Waals surface area contributed by atoms with Crippen molar-refractivity contribution in [3.05, 3.63) is 36.2 Å². The van der Waals surface area contributed by atoms with E-state index < -0.39 is 0 Å². The molecule has 2 aromatic heterocycles. The highest BCUT2D eigenvalue weighted by atomic mass is 16.5. The minimum absolute atomic E-state index is 0.190. The molecule has 0 bridgehead atoms. The number of benzene rings is 1. The number of hydrogen-bond donors (Lipinski definition) is 2. The van der Waals surface area contributed by atoms with Crippen LogP contribution in [0.3, 0.4) is 0 Å². The SMILES string of the molecule is COc1ccc(CNc2nc(N3CCN(CCO)CC3)nc3c2ncn3C(C)C)cc1. The first-order valence-corrected chi connectivity index (χ1v) is 10.8. The molecule has 1 aliphatic rings. The Bertz CT molecular complexity index is 995. The number of aliphatic hydroxyl groups is 1. The van der Waals surface area contributed by atoms with Crippen molar-refractivity contribution in [2.45, 2.75) is 26.4 Å². The molecule has 0 radical (unpaired) electrons. The van der Waals surface area contributed by atoms with E-state index >= 15 is 0 Å². The Morgan fingerprint density at radius 3 is 2.48 bits per heavy atom. The van der Waals surface area contributed by atoms with Gasteiger partial charge >= 0.3 is 0 Å². The summed E-state index contributed by atoms with van der Waals surface area (Å²) in [6.07, 6.45) is 1.84. The van der Waals surface area contributed by atoms with Crippen molar-refractivity contribution in [1.29, 1.82) is 0 Å². The third-order valence-electron chi connectivity index (χ3n) is 5.66. The van der Waals surface area contributed by atoms with Gasteiger partial charge in [0.2, 0.25) is 5.95 Å². The molecule has 1 aliphatic heterocycles. The molecule has 0 spiro atoms. The number of anilines is 2. The Kier molecular flexibility index (Phi) is 6.53. The highest BCUT2D eigenvalue weighted by Gasteiger charge is 2.22. The maximum Gasteiger partial charge on any atom is 0.229 e. The van der Waals surface area contributed by atoms with Crippen molar-refractivity contribution in [1.82, 2.24) is 24.4 Å². The van der Waals surface area contributed by atoms with E-state index in [4.69, 9.17) is 14.7 Å². The zero-order valence-corrected chi connectivity index (χ0v) is 18.5. The Morgan fingerprint density at radius 2 is 1.84 bits per heavy atom. The highest BCUT2D eigenvalue weighted by Crippen LogP contribution is 2.26. The average molecular weight is 426 g/mol. The van der Waals surface area contributed by atoms with Crippen LogP contribution in [0.5, 0.6) is 5.75 Å². The summed E-state index contributed by atoms with van der Waals surface area (Å²) in [4.78, 5) is 18.8. The van der Waals surface area contributed by atoms with Gasteiger partial charge in [-0.15, -0.1) is 0 Å². The third kappa shape index (κ3) is 4.72. The predicted octanol–water partition coefficient (Wildman–Crippen LogP) is 2.14. The lowest BCUT2D eigenvalue weighted by molar-refractivity contribution is 0.188. The lowest BCUT2D eigenvalue weighted by atomic mass is 10.2. The Labute approximate surface area is 182 Å². The number of rotatable bonds is 8. The van der Waals surface area contributed by atoms with E-state index in [1.165, 1.54) is 0 Å². The summed E-state index contributed by atoms with van der Waals surface area (Å²) in [6, 6.07) is 8.24. The minimum Gasteiger partial charge on any atom is -0.497 e. The summed E-state index contributed by atoms with van der Waals surface area (Å²) in [5.41, 5.74) is 2.76. The Morgan fingerprint density at radius 1 is 1.10 bits per heavy atom. The summed E-state index contributed by atoms with van der Waals surface area (Å²) >= 11 is 0. The van der Waals surface area contributed by atoms with Crippen molar-refractivity contribution < 1.29 is 9.84 Å². The van der Waals surface area contributed by atoms with E-state index in [0.717, 1.165) is 60.4 Å². The van der Waals surface area contributed by atoms with Crippen LogP contribution in [-0.4, -0.2) is 76.0 Å². The van der Waals surface area contributed by atoms with Gasteiger partial charge in [0.25, 0.3) is 0 Å². The zero-order chi connectivity index (χ0) is 21.8. The minimum atomic E-state index is 0.190. The molecule has 3 aromatic rings. The monoisotopic (exact) mass is 425 g/mol. The van der Waals surface area contributed by atoms with Crippen LogP contribution < -0.4 is 15.0 Å². The molecular weight excluding hydrogens is 394 g/mol. The molecule has 31 heavy (non-hydrogen) atoms. The van der Waals surface area contributed by atoms with E-state index in [9.17, 15) is 5.11 Å². The molecular formula is C22H31N7O2. The van der Waals surface area contributed by atoms with Gasteiger partial charge in [0.05, 0.1) is 20.0 Å². The first-order chi connectivity index (χ1) is 15.1. The average Bonchev–Trinajstić information content (AvgIpc) is 3.23. The smallest absolute Gasteiger partial charge is 0.229 e. The van der Waals surface area contributed by atoms with Crippen LogP contribution in [0.25, 0.3) is 11.2 Å². The van der Waals surface area contributed by atoms with Gasteiger partial charge in [-0.1, -0.05) is 12.1 Å². The fraction of sp³-hybridized carbons (Fsp3) is 0.500. The van der Waals surface area contributed by atoms with Crippen LogP contribution in [0.1, 0.15) is 25.5 Å². The number of piperazine rings is 1. The summed E-state index contributed by atoms with van der Waals surface area (Å²) < 4.78 is 7.33. The molecule has 0 aliphatic carbocycles. The number of hydrogen-bond acceptors (Lipinski definition) is 8. The first-order valence-electron chi connectivity index (χ1n) is 10.8. The molecule has 1 saturated heterocycles. The van der Waals surface area contributed by atoms with Gasteiger partial charge in [-0.3, -0.25) is 4.90 Å². The van der Waals surface area contributed by atoms with Crippen molar-refractivity contribution in [3.63, 3.8) is 0 Å². The van der Waals surface area contributed by atoms with Crippen molar-refractivity contribution in [2.75, 3.05) is 56.7 Å². The topological polar surface area (TPSA) is 91.6 Å². The predicted molar refractivity (Wildman–Crippen MR) is 122 cm³/mol. The van der Waals surface area contributed by atoms with Gasteiger partial charge in [-0.2, -0.15) is 9.97 Å². The van der Waals surface area contributed by atoms with Crippen molar-refractivity contribution in [2.24, 2.45) is 0 Å². The molecule has 166 valence electrons. The van der Waals surface area contributed by atoms with Crippen LogP contribution in [-0.2, 0) is 6.54 Å². The fourth-order valence-corrected chi connectivity index (χ4v) is 3.79. The number of aromatic nitrogens is 4. The number of ether oxygens (including phenoxy) is 1. The van der Waals surface area contributed by atoms with Crippen LogP contribution in [0.15, 0.2) is 30.6 Å². The van der Waals surface area contributed by atoms with E-state index in [-0.39, 0.29) is 12.6 Å². The molecule has 1 fully saturated rings. The standard InChI is InChI=1S/C22H31N7O2/c1-16(2)29-15-24-19-20(23-14-17-4-6-18(31-3)7-5-17)25-22(26-21(19)29)28-10-8-27(9-11-28)12-13-30/h4-7,15-16,30H,8-14H2,1-3H3,(H,23,25,26). The van der Waals surface area contributed by atoms with Gasteiger partial charge < -0.3 is 24.6 Å². The second-order valence-electron chi connectivity index (χ2n) is 8.04. The lowest BCUT2D eigenvalue weighted by Gasteiger charge is -2.34. The van der Waals surface area contributed by atoms with Gasteiger partial charge in [0.1, 0.15) is 5.75 Å². The summed E-state index contributed by atoms with van der Waals surface area (Å²) in [5.74, 6) is 2.30. The molecule has 1 aromatic carbocycles. The van der Waals surface area contributed by atoms with E-state index in [1.54, 1.807) is 7.11 Å². The summed E-state index contributed by atoms with van der Waals surface area (Å²) in [5, 5.41) is 12.7. The third-order valence-corrected chi connectivity index (χ3v) is 5.66. The lowest BCUT2D eigenvalue weighted by Crippen LogP contribution is -2.47. The quantitative estimate of drug-likeness (QED) is 0.567. The van der Waals surface area contributed by atoms with Gasteiger partial charge in [-0.05, 0) is 31.5 Å². The number of methoxy groups -OCH3 is 1. The van der Waals surface area contributed by atoms with Crippen LogP contribution in [0.4, 0.5) is 11.8 Å². The van der Waals surface area contributed by atoms with Crippen LogP contribution in [0.2, 0.25) is 0 Å². The van der Waals surface area contributed by atoms with Crippen LogP contribution in [0, 0.1) is 0 Å². The number of β-amino-alcohol motifs (C(OH)–C–C–N with tert-alkyl or cyclic N) is 1. The Hall–Kier alpha value is -2.91. The first kappa shape index (κ1) is 21.3. The molecule has 4 rings (SSSR count). The molecule has 2 N–H and O–H groups in total. The number of nitrogens with one attached hydrogen (secondary N) is 1. The van der Waals surface area contributed by atoms with Gasteiger partial charge in [0, 0.05) is 45.3 Å². The summed E-state index contributed by atoms with van der Waals surface area (Å²) in [6.45, 7) is 9.23. The number of imidazole rings is 1. The molecule has 0 saturated carbocycles. The summed E-state index contributed by atoms with van der Waals surface area (Å²) in [7, 11) is 1.67. The fourth-order valence-electron chi connectivity index (χ4n) is 3.79. The van der Waals surface area contributed by atoms with E-state index in [2.05, 4.69) is 38.5 Å². The molecule has 0 atom stereocenters. The zero-order valence-electron chi connectivity index (χ0n) is 18.5. The number of nitrogens with zero attached hydrogens (tertiary/aromatic N) is 6. The maximum atomic E-state index is 9.19. The van der Waals surface area contributed by atoms with Crippen molar-refractivity contribution >= 4 is 22.9 Å². The van der Waals surface area contributed by atoms with Gasteiger partial charge in [0.15, 0.2) is 17.0 Å². The Balaban J connectivity index is 1.60. The second kappa shape index (κ2) is 9.49. The largest absolute Gasteiger partial charge is 0.497 e. The van der Waals surface area contributed by atoms with E-state index in [1.807, 2.05) is 30.6 Å². The molecule has 9 heteroatoms. The highest BCUT2D eigenvalue weighted by molar-refractivity contribution is 5.84. The number of aliphatic hydroxyl groups excluding tert-OH is 1. The van der Waals surface area contributed by atoms with Crippen LogP contribution >= 0.6 is 0 Å². The van der Waals surface area contributed by atoms with Crippen molar-refractivity contribution in [3.8, 4) is 5.75 Å². The van der Waals surface area contributed by atoms with Gasteiger partial charge in [-0.25, -0.2) is 4.98 Å². The molecule has 0 unspecified atom stereocenters. The molecule has 0 amide bonds. The number of fused-ring (bicyclic) bond motifs is 1. The maximum absolute atomic E-state index is 9.19.